The zero-order chi connectivity index (χ0) is 12.1. The molecule has 4 N–H and O–H groups in total. The first-order valence-corrected chi connectivity index (χ1v) is 4.82. The Hall–Kier alpha value is -2.22. The van der Waals surface area contributed by atoms with Crippen molar-refractivity contribution in [1.29, 1.82) is 5.26 Å². The molecule has 0 aliphatic carbocycles. The standard InChI is InChI=1S/C11H13N3O2/c1-2-16-10(15)5-8-3-7(6-12)4-9(13)11(8)14/h3-4H,2,5,13-14H2,1H3. The molecule has 1 rings (SSSR count). The monoisotopic (exact) mass is 219 g/mol. The molecule has 0 aromatic heterocycles. The molecule has 84 valence electrons. The highest BCUT2D eigenvalue weighted by atomic mass is 16.5. The first kappa shape index (κ1) is 11.9. The Morgan fingerprint density at radius 3 is 2.75 bits per heavy atom. The number of benzene rings is 1. The third-order valence-electron chi connectivity index (χ3n) is 2.07. The summed E-state index contributed by atoms with van der Waals surface area (Å²) in [5.74, 6) is -0.385. The summed E-state index contributed by atoms with van der Waals surface area (Å²) in [5, 5.41) is 8.75. The van der Waals surface area contributed by atoms with E-state index in [4.69, 9.17) is 21.5 Å². The minimum Gasteiger partial charge on any atom is -0.466 e. The summed E-state index contributed by atoms with van der Waals surface area (Å²) in [6.07, 6.45) is 0.0272. The van der Waals surface area contributed by atoms with Crippen molar-refractivity contribution in [1.82, 2.24) is 0 Å². The van der Waals surface area contributed by atoms with Crippen LogP contribution in [-0.4, -0.2) is 12.6 Å². The number of nitrogen functional groups attached to an aromatic ring is 2. The summed E-state index contributed by atoms with van der Waals surface area (Å²) < 4.78 is 4.80. The summed E-state index contributed by atoms with van der Waals surface area (Å²) >= 11 is 0. The minimum atomic E-state index is -0.385. The van der Waals surface area contributed by atoms with E-state index in [-0.39, 0.29) is 12.4 Å². The van der Waals surface area contributed by atoms with Gasteiger partial charge in [-0.3, -0.25) is 4.79 Å². The number of nitriles is 1. The highest BCUT2D eigenvalue weighted by molar-refractivity contribution is 5.79. The number of anilines is 2. The van der Waals surface area contributed by atoms with E-state index in [1.165, 1.54) is 6.07 Å². The molecule has 16 heavy (non-hydrogen) atoms. The van der Waals surface area contributed by atoms with Gasteiger partial charge < -0.3 is 16.2 Å². The lowest BCUT2D eigenvalue weighted by atomic mass is 10.0. The van der Waals surface area contributed by atoms with Crippen molar-refractivity contribution >= 4 is 17.3 Å². The molecule has 0 bridgehead atoms. The fraction of sp³-hybridized carbons (Fsp3) is 0.273. The lowest BCUT2D eigenvalue weighted by molar-refractivity contribution is -0.142. The van der Waals surface area contributed by atoms with Crippen molar-refractivity contribution in [3.63, 3.8) is 0 Å². The summed E-state index contributed by atoms with van der Waals surface area (Å²) in [4.78, 5) is 11.3. The zero-order valence-corrected chi connectivity index (χ0v) is 8.99. The van der Waals surface area contributed by atoms with Gasteiger partial charge in [-0.2, -0.15) is 5.26 Å². The zero-order valence-electron chi connectivity index (χ0n) is 8.99. The highest BCUT2D eigenvalue weighted by Gasteiger charge is 2.10. The van der Waals surface area contributed by atoms with Crippen LogP contribution in [-0.2, 0) is 16.0 Å². The van der Waals surface area contributed by atoms with E-state index in [0.29, 0.717) is 29.1 Å². The third-order valence-corrected chi connectivity index (χ3v) is 2.07. The molecule has 5 heteroatoms. The van der Waals surface area contributed by atoms with Gasteiger partial charge in [0.2, 0.25) is 0 Å². The van der Waals surface area contributed by atoms with Gasteiger partial charge in [0.25, 0.3) is 0 Å². The number of carbonyl (C=O) groups excluding carboxylic acids is 1. The summed E-state index contributed by atoms with van der Waals surface area (Å²) in [7, 11) is 0. The van der Waals surface area contributed by atoms with E-state index in [9.17, 15) is 4.79 Å². The number of hydrogen-bond donors (Lipinski definition) is 2. The van der Waals surface area contributed by atoms with Crippen molar-refractivity contribution < 1.29 is 9.53 Å². The van der Waals surface area contributed by atoms with E-state index < -0.39 is 0 Å². The van der Waals surface area contributed by atoms with Crippen LogP contribution in [0.5, 0.6) is 0 Å². The Morgan fingerprint density at radius 1 is 1.50 bits per heavy atom. The Balaban J connectivity index is 3.00. The van der Waals surface area contributed by atoms with Gasteiger partial charge in [-0.15, -0.1) is 0 Å². The van der Waals surface area contributed by atoms with Crippen LogP contribution in [0.25, 0.3) is 0 Å². The molecule has 0 fully saturated rings. The Kier molecular flexibility index (Phi) is 3.72. The molecule has 1 aromatic rings. The van der Waals surface area contributed by atoms with Gasteiger partial charge in [0, 0.05) is 0 Å². The first-order chi connectivity index (χ1) is 7.58. The van der Waals surface area contributed by atoms with Crippen molar-refractivity contribution in [2.75, 3.05) is 18.1 Å². The van der Waals surface area contributed by atoms with Gasteiger partial charge in [-0.05, 0) is 24.6 Å². The molecule has 0 heterocycles. The SMILES string of the molecule is CCOC(=O)Cc1cc(C#N)cc(N)c1N. The van der Waals surface area contributed by atoms with Crippen LogP contribution in [0.15, 0.2) is 12.1 Å². The van der Waals surface area contributed by atoms with Gasteiger partial charge in [0.15, 0.2) is 0 Å². The maximum atomic E-state index is 11.3. The molecule has 5 nitrogen and oxygen atoms in total. The molecule has 0 amide bonds. The van der Waals surface area contributed by atoms with Crippen LogP contribution < -0.4 is 11.5 Å². The second kappa shape index (κ2) is 5.03. The summed E-state index contributed by atoms with van der Waals surface area (Å²) in [6, 6.07) is 4.97. The predicted octanol–water partition coefficient (Wildman–Crippen LogP) is 0.828. The molecule has 0 radical (unpaired) electrons. The van der Waals surface area contributed by atoms with Crippen molar-refractivity contribution in [3.8, 4) is 6.07 Å². The fourth-order valence-electron chi connectivity index (χ4n) is 1.32. The number of esters is 1. The molecule has 0 aliphatic rings. The van der Waals surface area contributed by atoms with E-state index in [1.54, 1.807) is 13.0 Å². The highest BCUT2D eigenvalue weighted by Crippen LogP contribution is 2.22. The normalized spacial score (nSPS) is 9.50. The predicted molar refractivity (Wildman–Crippen MR) is 60.3 cm³/mol. The maximum Gasteiger partial charge on any atom is 0.310 e. The molecule has 1 aromatic carbocycles. The topological polar surface area (TPSA) is 102 Å². The van der Waals surface area contributed by atoms with E-state index in [0.717, 1.165) is 0 Å². The number of ether oxygens (including phenoxy) is 1. The third kappa shape index (κ3) is 2.64. The quantitative estimate of drug-likeness (QED) is 0.579. The Morgan fingerprint density at radius 2 is 2.19 bits per heavy atom. The largest absolute Gasteiger partial charge is 0.466 e. The molecule has 0 saturated heterocycles. The van der Waals surface area contributed by atoms with E-state index in [1.807, 2.05) is 6.07 Å². The van der Waals surface area contributed by atoms with Gasteiger partial charge in [0.1, 0.15) is 0 Å². The molecule has 0 unspecified atom stereocenters. The second-order valence-electron chi connectivity index (χ2n) is 3.23. The van der Waals surface area contributed by atoms with Crippen LogP contribution in [0.2, 0.25) is 0 Å². The van der Waals surface area contributed by atoms with E-state index in [2.05, 4.69) is 0 Å². The van der Waals surface area contributed by atoms with Gasteiger partial charge in [-0.25, -0.2) is 0 Å². The van der Waals surface area contributed by atoms with Crippen molar-refractivity contribution in [3.05, 3.63) is 23.3 Å². The molecule has 0 saturated carbocycles. The number of nitrogens with zero attached hydrogens (tertiary/aromatic N) is 1. The molecule has 0 atom stereocenters. The number of rotatable bonds is 3. The Bertz CT molecular complexity index is 449. The van der Waals surface area contributed by atoms with Gasteiger partial charge in [0.05, 0.1) is 36.0 Å². The van der Waals surface area contributed by atoms with Crippen LogP contribution in [0, 0.1) is 11.3 Å². The summed E-state index contributed by atoms with van der Waals surface area (Å²) in [5.41, 5.74) is 12.9. The van der Waals surface area contributed by atoms with Crippen LogP contribution in [0.1, 0.15) is 18.1 Å². The lowest BCUT2D eigenvalue weighted by Crippen LogP contribution is -2.10. The van der Waals surface area contributed by atoms with Crippen LogP contribution in [0.3, 0.4) is 0 Å². The molecular formula is C11H13N3O2. The Labute approximate surface area is 93.6 Å². The van der Waals surface area contributed by atoms with Gasteiger partial charge >= 0.3 is 5.97 Å². The lowest BCUT2D eigenvalue weighted by Gasteiger charge is -2.08. The average molecular weight is 219 g/mol. The van der Waals surface area contributed by atoms with Crippen molar-refractivity contribution in [2.45, 2.75) is 13.3 Å². The van der Waals surface area contributed by atoms with Gasteiger partial charge in [-0.1, -0.05) is 0 Å². The molecule has 0 spiro atoms. The fourth-order valence-corrected chi connectivity index (χ4v) is 1.32. The molecule has 0 aliphatic heterocycles. The molecular weight excluding hydrogens is 206 g/mol. The van der Waals surface area contributed by atoms with Crippen LogP contribution in [0.4, 0.5) is 11.4 Å². The second-order valence-corrected chi connectivity index (χ2v) is 3.23. The average Bonchev–Trinajstić information content (AvgIpc) is 2.24. The smallest absolute Gasteiger partial charge is 0.310 e. The maximum absolute atomic E-state index is 11.3. The van der Waals surface area contributed by atoms with Crippen molar-refractivity contribution in [2.24, 2.45) is 0 Å². The van der Waals surface area contributed by atoms with Crippen LogP contribution >= 0.6 is 0 Å². The number of nitrogens with two attached hydrogens (primary N) is 2. The minimum absolute atomic E-state index is 0.0272. The van der Waals surface area contributed by atoms with E-state index >= 15 is 0 Å². The number of carbonyl (C=O) groups is 1. The summed E-state index contributed by atoms with van der Waals surface area (Å²) in [6.45, 7) is 2.04. The number of hydrogen-bond acceptors (Lipinski definition) is 5. The first-order valence-electron chi connectivity index (χ1n) is 4.82.